The lowest BCUT2D eigenvalue weighted by atomic mass is 9.83. The number of carbonyl (C=O) groups excluding carboxylic acids is 2. The van der Waals surface area contributed by atoms with Gasteiger partial charge in [0.2, 0.25) is 0 Å². The number of piperidine rings is 1. The molecule has 0 unspecified atom stereocenters. The summed E-state index contributed by atoms with van der Waals surface area (Å²) in [6, 6.07) is 1.94. The molecule has 2 aromatic heterocycles. The Hall–Kier alpha value is -2.19. The molecule has 0 saturated carbocycles. The van der Waals surface area contributed by atoms with E-state index in [0.29, 0.717) is 25.4 Å². The number of fused-ring (bicyclic) bond motifs is 1. The molecule has 0 atom stereocenters. The molecule has 0 aliphatic carbocycles. The van der Waals surface area contributed by atoms with Crippen molar-refractivity contribution in [1.82, 2.24) is 20.0 Å². The van der Waals surface area contributed by atoms with Gasteiger partial charge in [-0.25, -0.2) is 0 Å². The van der Waals surface area contributed by atoms with Crippen molar-refractivity contribution in [3.05, 3.63) is 39.3 Å². The van der Waals surface area contributed by atoms with E-state index in [2.05, 4.69) is 10.4 Å². The van der Waals surface area contributed by atoms with Crippen LogP contribution in [0.1, 0.15) is 58.8 Å². The molecule has 1 spiro atoms. The summed E-state index contributed by atoms with van der Waals surface area (Å²) in [6.45, 7) is 5.63. The topological polar surface area (TPSA) is 76.5 Å². The molecule has 4 rings (SSSR count). The van der Waals surface area contributed by atoms with E-state index in [0.717, 1.165) is 36.1 Å². The van der Waals surface area contributed by atoms with Crippen LogP contribution in [0.25, 0.3) is 0 Å². The highest BCUT2D eigenvalue weighted by Gasteiger charge is 2.42. The second kappa shape index (κ2) is 7.33. The first kappa shape index (κ1) is 19.1. The number of carbonyl (C=O) groups is 2. The smallest absolute Gasteiger partial charge is 0.272 e. The Morgan fingerprint density at radius 1 is 1.32 bits per heavy atom. The van der Waals surface area contributed by atoms with Crippen LogP contribution in [0.5, 0.6) is 0 Å². The van der Waals surface area contributed by atoms with Gasteiger partial charge in [0.1, 0.15) is 0 Å². The van der Waals surface area contributed by atoms with E-state index in [1.807, 2.05) is 47.3 Å². The number of aryl methyl sites for hydroxylation is 1. The number of aromatic nitrogens is 2. The first-order valence-corrected chi connectivity index (χ1v) is 10.6. The van der Waals surface area contributed by atoms with Gasteiger partial charge in [0, 0.05) is 49.2 Å². The highest BCUT2D eigenvalue weighted by molar-refractivity contribution is 7.08. The largest absolute Gasteiger partial charge is 0.370 e. The third-order valence-corrected chi connectivity index (χ3v) is 6.34. The van der Waals surface area contributed by atoms with Crippen molar-refractivity contribution in [1.29, 1.82) is 0 Å². The van der Waals surface area contributed by atoms with E-state index in [-0.39, 0.29) is 23.5 Å². The fourth-order valence-corrected chi connectivity index (χ4v) is 4.71. The van der Waals surface area contributed by atoms with Crippen LogP contribution in [0.3, 0.4) is 0 Å². The van der Waals surface area contributed by atoms with Crippen molar-refractivity contribution in [3.8, 4) is 0 Å². The molecule has 0 radical (unpaired) electrons. The van der Waals surface area contributed by atoms with Crippen LogP contribution in [-0.4, -0.2) is 51.2 Å². The minimum atomic E-state index is -0.280. The van der Waals surface area contributed by atoms with Crippen molar-refractivity contribution < 1.29 is 14.3 Å². The molecule has 4 heterocycles. The number of hydrogen-bond donors (Lipinski definition) is 1. The Bertz CT molecular complexity index is 880. The van der Waals surface area contributed by atoms with E-state index in [1.165, 1.54) is 0 Å². The lowest BCUT2D eigenvalue weighted by Crippen LogP contribution is -2.50. The van der Waals surface area contributed by atoms with Crippen molar-refractivity contribution >= 4 is 23.2 Å². The summed E-state index contributed by atoms with van der Waals surface area (Å²) in [7, 11) is 1.89. The number of amides is 2. The van der Waals surface area contributed by atoms with Crippen molar-refractivity contribution in [2.75, 3.05) is 13.1 Å². The van der Waals surface area contributed by atoms with Crippen LogP contribution in [0.15, 0.2) is 16.8 Å². The molecule has 0 bridgehead atoms. The van der Waals surface area contributed by atoms with Gasteiger partial charge in [0.25, 0.3) is 11.8 Å². The summed E-state index contributed by atoms with van der Waals surface area (Å²) in [5.41, 5.74) is 2.91. The normalized spacial score (nSPS) is 18.4. The Kier molecular flexibility index (Phi) is 5.01. The molecule has 150 valence electrons. The molecule has 1 fully saturated rings. The van der Waals surface area contributed by atoms with Gasteiger partial charge in [-0.1, -0.05) is 0 Å². The predicted molar refractivity (Wildman–Crippen MR) is 106 cm³/mol. The third-order valence-electron chi connectivity index (χ3n) is 5.65. The van der Waals surface area contributed by atoms with Crippen LogP contribution in [0.2, 0.25) is 0 Å². The average Bonchev–Trinajstić information content (AvgIpc) is 3.30. The van der Waals surface area contributed by atoms with Gasteiger partial charge in [0.05, 0.1) is 17.8 Å². The molecule has 2 aromatic rings. The first-order chi connectivity index (χ1) is 13.4. The highest BCUT2D eigenvalue weighted by Crippen LogP contribution is 2.37. The molecular weight excluding hydrogens is 376 g/mol. The monoisotopic (exact) mass is 402 g/mol. The highest BCUT2D eigenvalue weighted by atomic mass is 32.1. The fraction of sp³-hybridized carbons (Fsp3) is 0.550. The Morgan fingerprint density at radius 2 is 2.07 bits per heavy atom. The molecule has 2 aliphatic rings. The number of nitrogens with zero attached hydrogens (tertiary/aromatic N) is 3. The average molecular weight is 403 g/mol. The molecule has 2 aliphatic heterocycles. The van der Waals surface area contributed by atoms with E-state index < -0.39 is 0 Å². The summed E-state index contributed by atoms with van der Waals surface area (Å²) in [5.74, 6) is -0.0525. The zero-order chi connectivity index (χ0) is 19.9. The van der Waals surface area contributed by atoms with Gasteiger partial charge in [-0.2, -0.15) is 16.4 Å². The second-order valence-electron chi connectivity index (χ2n) is 7.98. The van der Waals surface area contributed by atoms with E-state index in [9.17, 15) is 9.59 Å². The summed E-state index contributed by atoms with van der Waals surface area (Å²) in [5, 5.41) is 11.2. The number of thiophene rings is 1. The summed E-state index contributed by atoms with van der Waals surface area (Å²) >= 11 is 1.54. The van der Waals surface area contributed by atoms with Crippen LogP contribution in [0.4, 0.5) is 0 Å². The van der Waals surface area contributed by atoms with Crippen LogP contribution in [-0.2, 0) is 24.8 Å². The van der Waals surface area contributed by atoms with Crippen LogP contribution < -0.4 is 5.32 Å². The lowest BCUT2D eigenvalue weighted by molar-refractivity contribution is -0.0990. The minimum absolute atomic E-state index is 0.0612. The van der Waals surface area contributed by atoms with E-state index in [1.54, 1.807) is 11.3 Å². The maximum absolute atomic E-state index is 12.6. The molecule has 28 heavy (non-hydrogen) atoms. The molecule has 1 N–H and O–H groups in total. The SMILES string of the molecule is CC(C)NC(=O)c1nn(C)c2c1COC1(CCN(C(=O)c3ccsc3)CC1)C2. The predicted octanol–water partition coefficient (Wildman–Crippen LogP) is 2.37. The Balaban J connectivity index is 1.47. The third kappa shape index (κ3) is 3.46. The zero-order valence-corrected chi connectivity index (χ0v) is 17.3. The number of nitrogens with one attached hydrogen (secondary N) is 1. The van der Waals surface area contributed by atoms with Gasteiger partial charge in [-0.3, -0.25) is 14.3 Å². The minimum Gasteiger partial charge on any atom is -0.370 e. The van der Waals surface area contributed by atoms with Crippen molar-refractivity contribution in [2.45, 2.75) is 51.4 Å². The van der Waals surface area contributed by atoms with Gasteiger partial charge in [-0.15, -0.1) is 0 Å². The summed E-state index contributed by atoms with van der Waals surface area (Å²) < 4.78 is 8.11. The zero-order valence-electron chi connectivity index (χ0n) is 16.5. The standard InChI is InChI=1S/C20H26N4O3S/c1-13(2)21-18(25)17-15-11-27-20(10-16(15)23(3)22-17)5-7-24(8-6-20)19(26)14-4-9-28-12-14/h4,9,12-13H,5-8,10-11H2,1-3H3,(H,21,25). The number of rotatable bonds is 3. The number of hydrogen-bond acceptors (Lipinski definition) is 5. The molecule has 2 amide bonds. The maximum Gasteiger partial charge on any atom is 0.272 e. The molecule has 0 aromatic carbocycles. The van der Waals surface area contributed by atoms with Gasteiger partial charge >= 0.3 is 0 Å². The van der Waals surface area contributed by atoms with Crippen LogP contribution in [0, 0.1) is 0 Å². The summed E-state index contributed by atoms with van der Waals surface area (Å²) in [6.07, 6.45) is 2.31. The molecule has 8 heteroatoms. The maximum atomic E-state index is 12.6. The molecular formula is C20H26N4O3S. The summed E-state index contributed by atoms with van der Waals surface area (Å²) in [4.78, 5) is 27.0. The van der Waals surface area contributed by atoms with E-state index in [4.69, 9.17) is 4.74 Å². The van der Waals surface area contributed by atoms with E-state index >= 15 is 0 Å². The van der Waals surface area contributed by atoms with Gasteiger partial charge in [0.15, 0.2) is 5.69 Å². The van der Waals surface area contributed by atoms with Gasteiger partial charge < -0.3 is 15.0 Å². The quantitative estimate of drug-likeness (QED) is 0.855. The molecule has 1 saturated heterocycles. The van der Waals surface area contributed by atoms with Crippen molar-refractivity contribution in [2.24, 2.45) is 7.05 Å². The Labute approximate surface area is 168 Å². The van der Waals surface area contributed by atoms with Crippen molar-refractivity contribution in [3.63, 3.8) is 0 Å². The van der Waals surface area contributed by atoms with Gasteiger partial charge in [-0.05, 0) is 38.1 Å². The first-order valence-electron chi connectivity index (χ1n) is 9.69. The Morgan fingerprint density at radius 3 is 2.71 bits per heavy atom. The number of ether oxygens (including phenoxy) is 1. The second-order valence-corrected chi connectivity index (χ2v) is 8.76. The van der Waals surface area contributed by atoms with Crippen LogP contribution >= 0.6 is 11.3 Å². The number of likely N-dealkylation sites (tertiary alicyclic amines) is 1. The fourth-order valence-electron chi connectivity index (χ4n) is 4.08. The molecule has 7 nitrogen and oxygen atoms in total. The lowest BCUT2D eigenvalue weighted by Gasteiger charge is -2.43.